The highest BCUT2D eigenvalue weighted by Gasteiger charge is 2.17. The van der Waals surface area contributed by atoms with Gasteiger partial charge in [0.05, 0.1) is 10.8 Å². The second kappa shape index (κ2) is 4.86. The largest absolute Gasteiger partial charge is 0.313 e. The minimum atomic E-state index is -1.09. The first kappa shape index (κ1) is 10.8. The van der Waals surface area contributed by atoms with Gasteiger partial charge in [-0.1, -0.05) is 6.07 Å². The Hall–Kier alpha value is -0.740. The van der Waals surface area contributed by atoms with Crippen molar-refractivity contribution in [3.05, 3.63) is 30.1 Å². The van der Waals surface area contributed by atoms with E-state index in [2.05, 4.69) is 5.32 Å². The molecule has 82 valence electrons. The molecule has 1 aromatic rings. The maximum absolute atomic E-state index is 12.9. The van der Waals surface area contributed by atoms with Crippen LogP contribution in [0, 0.1) is 5.82 Å². The van der Waals surface area contributed by atoms with Crippen LogP contribution in [-0.2, 0) is 10.8 Å². The zero-order valence-corrected chi connectivity index (χ0v) is 9.23. The van der Waals surface area contributed by atoms with Gasteiger partial charge in [-0.2, -0.15) is 0 Å². The first-order valence-corrected chi connectivity index (χ1v) is 6.45. The van der Waals surface area contributed by atoms with Gasteiger partial charge < -0.3 is 5.32 Å². The summed E-state index contributed by atoms with van der Waals surface area (Å²) in [6.45, 7) is 1.00. The molecule has 0 bridgehead atoms. The highest BCUT2D eigenvalue weighted by atomic mass is 32.2. The number of benzene rings is 1. The van der Waals surface area contributed by atoms with Gasteiger partial charge >= 0.3 is 0 Å². The maximum atomic E-state index is 12.9. The van der Waals surface area contributed by atoms with Crippen LogP contribution in [0.15, 0.2) is 29.2 Å². The summed E-state index contributed by atoms with van der Waals surface area (Å²) in [6, 6.07) is 6.37. The Labute approximate surface area is 91.3 Å². The van der Waals surface area contributed by atoms with Crippen molar-refractivity contribution in [1.29, 1.82) is 0 Å². The van der Waals surface area contributed by atoms with Gasteiger partial charge in [-0.25, -0.2) is 4.39 Å². The van der Waals surface area contributed by atoms with Crippen molar-refractivity contribution in [3.63, 3.8) is 0 Å². The van der Waals surface area contributed by atoms with Gasteiger partial charge in [-0.3, -0.25) is 4.21 Å². The number of halogens is 1. The van der Waals surface area contributed by atoms with Crippen LogP contribution in [0.25, 0.3) is 0 Å². The van der Waals surface area contributed by atoms with E-state index in [0.717, 1.165) is 19.4 Å². The van der Waals surface area contributed by atoms with Crippen LogP contribution in [0.1, 0.15) is 12.8 Å². The third-order valence-corrected chi connectivity index (χ3v) is 4.06. The van der Waals surface area contributed by atoms with Gasteiger partial charge in [-0.15, -0.1) is 0 Å². The summed E-state index contributed by atoms with van der Waals surface area (Å²) in [6.07, 6.45) is 2.21. The molecular formula is C11H14FNOS. The average Bonchev–Trinajstić information content (AvgIpc) is 2.70. The molecule has 2 rings (SSSR count). The molecule has 2 unspecified atom stereocenters. The van der Waals surface area contributed by atoms with Gasteiger partial charge in [0.15, 0.2) is 0 Å². The molecule has 1 N–H and O–H groups in total. The van der Waals surface area contributed by atoms with Gasteiger partial charge in [-0.05, 0) is 37.6 Å². The van der Waals surface area contributed by atoms with Crippen LogP contribution in [0.5, 0.6) is 0 Å². The van der Waals surface area contributed by atoms with Crippen LogP contribution in [0.4, 0.5) is 4.39 Å². The van der Waals surface area contributed by atoms with Crippen LogP contribution < -0.4 is 5.32 Å². The molecule has 0 saturated carbocycles. The molecule has 1 aromatic carbocycles. The number of hydrogen-bond acceptors (Lipinski definition) is 2. The lowest BCUT2D eigenvalue weighted by Crippen LogP contribution is -2.27. The molecule has 15 heavy (non-hydrogen) atoms. The van der Waals surface area contributed by atoms with Gasteiger partial charge in [0, 0.05) is 16.7 Å². The first-order chi connectivity index (χ1) is 7.25. The SMILES string of the molecule is O=S(CC1CCCN1)c1cccc(F)c1. The predicted molar refractivity (Wildman–Crippen MR) is 58.7 cm³/mol. The van der Waals surface area contributed by atoms with E-state index in [1.54, 1.807) is 12.1 Å². The Morgan fingerprint density at radius 1 is 1.53 bits per heavy atom. The van der Waals surface area contributed by atoms with Crippen molar-refractivity contribution in [1.82, 2.24) is 5.32 Å². The summed E-state index contributed by atoms with van der Waals surface area (Å²) in [5.41, 5.74) is 0. The molecule has 0 spiro atoms. The van der Waals surface area contributed by atoms with Gasteiger partial charge in [0.1, 0.15) is 5.82 Å². The summed E-state index contributed by atoms with van der Waals surface area (Å²) < 4.78 is 24.7. The third kappa shape index (κ3) is 2.86. The van der Waals surface area contributed by atoms with E-state index in [1.165, 1.54) is 12.1 Å². The fourth-order valence-electron chi connectivity index (χ4n) is 1.79. The van der Waals surface area contributed by atoms with Crippen molar-refractivity contribution < 1.29 is 8.60 Å². The Morgan fingerprint density at radius 2 is 2.40 bits per heavy atom. The Morgan fingerprint density at radius 3 is 3.07 bits per heavy atom. The number of rotatable bonds is 3. The molecule has 0 radical (unpaired) electrons. The maximum Gasteiger partial charge on any atom is 0.124 e. The van der Waals surface area contributed by atoms with E-state index in [-0.39, 0.29) is 5.82 Å². The Bertz CT molecular complexity index is 363. The van der Waals surface area contributed by atoms with E-state index in [4.69, 9.17) is 0 Å². The van der Waals surface area contributed by atoms with E-state index >= 15 is 0 Å². The topological polar surface area (TPSA) is 29.1 Å². The smallest absolute Gasteiger partial charge is 0.124 e. The molecule has 0 aliphatic carbocycles. The first-order valence-electron chi connectivity index (χ1n) is 5.13. The normalized spacial score (nSPS) is 22.9. The zero-order valence-electron chi connectivity index (χ0n) is 8.41. The van der Waals surface area contributed by atoms with Crippen LogP contribution in [0.3, 0.4) is 0 Å². The second-order valence-corrected chi connectivity index (χ2v) is 5.26. The molecule has 4 heteroatoms. The molecule has 1 heterocycles. The monoisotopic (exact) mass is 227 g/mol. The summed E-state index contributed by atoms with van der Waals surface area (Å²) in [5.74, 6) is 0.268. The van der Waals surface area contributed by atoms with E-state index in [0.29, 0.717) is 16.7 Å². The van der Waals surface area contributed by atoms with Crippen molar-refractivity contribution in [2.75, 3.05) is 12.3 Å². The summed E-state index contributed by atoms with van der Waals surface area (Å²) >= 11 is 0. The zero-order chi connectivity index (χ0) is 10.7. The van der Waals surface area contributed by atoms with Crippen molar-refractivity contribution in [3.8, 4) is 0 Å². The lowest BCUT2D eigenvalue weighted by molar-refractivity contribution is 0.620. The number of hydrogen-bond donors (Lipinski definition) is 1. The summed E-state index contributed by atoms with van der Waals surface area (Å²) in [5, 5.41) is 3.29. The van der Waals surface area contributed by atoms with Crippen molar-refractivity contribution in [2.45, 2.75) is 23.8 Å². The second-order valence-electron chi connectivity index (χ2n) is 3.76. The fraction of sp³-hybridized carbons (Fsp3) is 0.455. The molecule has 1 aliphatic heterocycles. The van der Waals surface area contributed by atoms with Crippen LogP contribution in [0.2, 0.25) is 0 Å². The van der Waals surface area contributed by atoms with Crippen LogP contribution >= 0.6 is 0 Å². The molecule has 0 amide bonds. The lowest BCUT2D eigenvalue weighted by Gasteiger charge is -2.09. The summed E-state index contributed by atoms with van der Waals surface area (Å²) in [7, 11) is -1.09. The quantitative estimate of drug-likeness (QED) is 0.851. The van der Waals surface area contributed by atoms with E-state index in [9.17, 15) is 8.60 Å². The Kier molecular flexibility index (Phi) is 3.49. The van der Waals surface area contributed by atoms with E-state index in [1.807, 2.05) is 0 Å². The van der Waals surface area contributed by atoms with E-state index < -0.39 is 10.8 Å². The standard InChI is InChI=1S/C11H14FNOS/c12-9-3-1-5-11(7-9)15(14)8-10-4-2-6-13-10/h1,3,5,7,10,13H,2,4,6,8H2. The molecule has 0 aromatic heterocycles. The Balaban J connectivity index is 2.01. The van der Waals surface area contributed by atoms with Gasteiger partial charge in [0.2, 0.25) is 0 Å². The highest BCUT2D eigenvalue weighted by Crippen LogP contribution is 2.13. The fourth-order valence-corrected chi connectivity index (χ4v) is 3.10. The number of nitrogens with one attached hydrogen (secondary N) is 1. The predicted octanol–water partition coefficient (Wildman–Crippen LogP) is 1.69. The third-order valence-electron chi connectivity index (χ3n) is 2.57. The minimum absolute atomic E-state index is 0.319. The molecule has 2 atom stereocenters. The molecule has 2 nitrogen and oxygen atoms in total. The molecule has 1 aliphatic rings. The highest BCUT2D eigenvalue weighted by molar-refractivity contribution is 7.85. The minimum Gasteiger partial charge on any atom is -0.313 e. The van der Waals surface area contributed by atoms with Crippen molar-refractivity contribution >= 4 is 10.8 Å². The average molecular weight is 227 g/mol. The van der Waals surface area contributed by atoms with Crippen molar-refractivity contribution in [2.24, 2.45) is 0 Å². The van der Waals surface area contributed by atoms with Gasteiger partial charge in [0.25, 0.3) is 0 Å². The lowest BCUT2D eigenvalue weighted by atomic mass is 10.3. The molecular weight excluding hydrogens is 213 g/mol. The molecule has 1 saturated heterocycles. The molecule has 1 fully saturated rings. The summed E-state index contributed by atoms with van der Waals surface area (Å²) in [4.78, 5) is 0.587. The van der Waals surface area contributed by atoms with Crippen LogP contribution in [-0.4, -0.2) is 22.5 Å².